The molecule has 0 heterocycles. The first-order valence-corrected chi connectivity index (χ1v) is 7.63. The van der Waals surface area contributed by atoms with Crippen LogP contribution in [-0.2, 0) is 6.42 Å². The molecule has 20 heavy (non-hydrogen) atoms. The van der Waals surface area contributed by atoms with Crippen LogP contribution in [0.25, 0.3) is 0 Å². The van der Waals surface area contributed by atoms with E-state index in [0.717, 1.165) is 35.0 Å². The van der Waals surface area contributed by atoms with Crippen molar-refractivity contribution in [1.82, 2.24) is 0 Å². The monoisotopic (exact) mass is 333 g/mol. The zero-order valence-corrected chi connectivity index (χ0v) is 13.3. The van der Waals surface area contributed by atoms with Crippen LogP contribution in [0, 0.1) is 0 Å². The summed E-state index contributed by atoms with van der Waals surface area (Å²) in [6.07, 6.45) is 3.10. The first kappa shape index (κ1) is 15.1. The van der Waals surface area contributed by atoms with Crippen LogP contribution in [0.5, 0.6) is 5.75 Å². The Labute approximate surface area is 129 Å². The Bertz CT molecular complexity index is 542. The molecule has 0 bridgehead atoms. The van der Waals surface area contributed by atoms with Crippen molar-refractivity contribution in [3.8, 4) is 5.75 Å². The van der Waals surface area contributed by atoms with Gasteiger partial charge in [-0.05, 0) is 48.6 Å². The van der Waals surface area contributed by atoms with Crippen LogP contribution in [0.1, 0.15) is 30.0 Å². The fourth-order valence-corrected chi connectivity index (χ4v) is 2.80. The predicted octanol–water partition coefficient (Wildman–Crippen LogP) is 4.48. The average Bonchev–Trinajstić information content (AvgIpc) is 2.48. The maximum absolute atomic E-state index is 6.30. The van der Waals surface area contributed by atoms with Gasteiger partial charge in [0.2, 0.25) is 0 Å². The predicted molar refractivity (Wildman–Crippen MR) is 87.0 cm³/mol. The van der Waals surface area contributed by atoms with Gasteiger partial charge in [0.25, 0.3) is 0 Å². The normalized spacial score (nSPS) is 12.2. The summed E-state index contributed by atoms with van der Waals surface area (Å²) in [6, 6.07) is 16.5. The minimum Gasteiger partial charge on any atom is -0.497 e. The zero-order chi connectivity index (χ0) is 14.4. The SMILES string of the molecule is COc1ccc(Br)c(C(N)CCCc2ccccc2)c1. The molecule has 0 radical (unpaired) electrons. The molecule has 1 atom stereocenters. The summed E-state index contributed by atoms with van der Waals surface area (Å²) in [4.78, 5) is 0. The van der Waals surface area contributed by atoms with Crippen LogP contribution in [-0.4, -0.2) is 7.11 Å². The Kier molecular flexibility index (Phi) is 5.62. The van der Waals surface area contributed by atoms with Gasteiger partial charge in [-0.25, -0.2) is 0 Å². The van der Waals surface area contributed by atoms with Crippen molar-refractivity contribution in [3.05, 3.63) is 64.1 Å². The molecule has 2 aromatic carbocycles. The molecule has 3 heteroatoms. The van der Waals surface area contributed by atoms with Gasteiger partial charge in [0, 0.05) is 10.5 Å². The number of hydrogen-bond donors (Lipinski definition) is 1. The third-order valence-electron chi connectivity index (χ3n) is 3.43. The molecule has 0 saturated heterocycles. The molecular weight excluding hydrogens is 314 g/mol. The first-order valence-electron chi connectivity index (χ1n) is 6.83. The standard InChI is InChI=1S/C17H20BrNO/c1-20-14-10-11-16(18)15(12-14)17(19)9-5-8-13-6-3-2-4-7-13/h2-4,6-7,10-12,17H,5,8-9,19H2,1H3. The van der Waals surface area contributed by atoms with Gasteiger partial charge in [0.05, 0.1) is 7.11 Å². The minimum absolute atomic E-state index is 0.0307. The van der Waals surface area contributed by atoms with Crippen LogP contribution < -0.4 is 10.5 Å². The molecule has 0 aliphatic heterocycles. The number of aryl methyl sites for hydroxylation is 1. The second kappa shape index (κ2) is 7.46. The molecule has 0 aromatic heterocycles. The van der Waals surface area contributed by atoms with Crippen LogP contribution >= 0.6 is 15.9 Å². The van der Waals surface area contributed by atoms with E-state index in [1.807, 2.05) is 24.3 Å². The molecule has 2 aromatic rings. The lowest BCUT2D eigenvalue weighted by atomic mass is 9.99. The summed E-state index contributed by atoms with van der Waals surface area (Å²) in [7, 11) is 1.67. The Balaban J connectivity index is 1.93. The number of benzene rings is 2. The minimum atomic E-state index is 0.0307. The first-order chi connectivity index (χ1) is 9.70. The van der Waals surface area contributed by atoms with Gasteiger partial charge in [-0.1, -0.05) is 46.3 Å². The van der Waals surface area contributed by atoms with E-state index in [9.17, 15) is 0 Å². The van der Waals surface area contributed by atoms with Crippen molar-refractivity contribution in [3.63, 3.8) is 0 Å². The number of rotatable bonds is 6. The van der Waals surface area contributed by atoms with Gasteiger partial charge in [-0.2, -0.15) is 0 Å². The fourth-order valence-electron chi connectivity index (χ4n) is 2.26. The molecule has 0 aliphatic carbocycles. The molecule has 106 valence electrons. The van der Waals surface area contributed by atoms with Gasteiger partial charge < -0.3 is 10.5 Å². The summed E-state index contributed by atoms with van der Waals surface area (Å²) in [5, 5.41) is 0. The Morgan fingerprint density at radius 1 is 1.15 bits per heavy atom. The van der Waals surface area contributed by atoms with E-state index in [0.29, 0.717) is 0 Å². The highest BCUT2D eigenvalue weighted by molar-refractivity contribution is 9.10. The summed E-state index contributed by atoms with van der Waals surface area (Å²) in [5.74, 6) is 0.849. The van der Waals surface area contributed by atoms with Crippen molar-refractivity contribution >= 4 is 15.9 Å². The lowest BCUT2D eigenvalue weighted by Gasteiger charge is -2.15. The summed E-state index contributed by atoms with van der Waals surface area (Å²) in [6.45, 7) is 0. The summed E-state index contributed by atoms with van der Waals surface area (Å²) in [5.41, 5.74) is 8.77. The smallest absolute Gasteiger partial charge is 0.119 e. The molecule has 2 N–H and O–H groups in total. The van der Waals surface area contributed by atoms with E-state index in [1.165, 1.54) is 5.56 Å². The number of halogens is 1. The molecule has 0 fully saturated rings. The maximum atomic E-state index is 6.30. The van der Waals surface area contributed by atoms with Crippen LogP contribution in [0.2, 0.25) is 0 Å². The van der Waals surface area contributed by atoms with E-state index in [4.69, 9.17) is 10.5 Å². The molecule has 0 amide bonds. The number of methoxy groups -OCH3 is 1. The molecular formula is C17H20BrNO. The number of ether oxygens (including phenoxy) is 1. The van der Waals surface area contributed by atoms with Gasteiger partial charge in [0.1, 0.15) is 5.75 Å². The van der Waals surface area contributed by atoms with E-state index < -0.39 is 0 Å². The Morgan fingerprint density at radius 3 is 2.60 bits per heavy atom. The quantitative estimate of drug-likeness (QED) is 0.845. The third kappa shape index (κ3) is 4.09. The zero-order valence-electron chi connectivity index (χ0n) is 11.7. The topological polar surface area (TPSA) is 35.2 Å². The highest BCUT2D eigenvalue weighted by Gasteiger charge is 2.11. The fraction of sp³-hybridized carbons (Fsp3) is 0.294. The lowest BCUT2D eigenvalue weighted by molar-refractivity contribution is 0.413. The lowest BCUT2D eigenvalue weighted by Crippen LogP contribution is -2.11. The van der Waals surface area contributed by atoms with Gasteiger partial charge in [0.15, 0.2) is 0 Å². The van der Waals surface area contributed by atoms with E-state index in [2.05, 4.69) is 40.2 Å². The second-order valence-electron chi connectivity index (χ2n) is 4.87. The highest BCUT2D eigenvalue weighted by atomic mass is 79.9. The van der Waals surface area contributed by atoms with E-state index >= 15 is 0 Å². The Morgan fingerprint density at radius 2 is 1.90 bits per heavy atom. The van der Waals surface area contributed by atoms with Crippen LogP contribution in [0.4, 0.5) is 0 Å². The number of nitrogens with two attached hydrogens (primary N) is 1. The summed E-state index contributed by atoms with van der Waals surface area (Å²) < 4.78 is 6.30. The van der Waals surface area contributed by atoms with Gasteiger partial charge in [-0.15, -0.1) is 0 Å². The highest BCUT2D eigenvalue weighted by Crippen LogP contribution is 2.29. The Hall–Kier alpha value is -1.32. The second-order valence-corrected chi connectivity index (χ2v) is 5.73. The summed E-state index contributed by atoms with van der Waals surface area (Å²) >= 11 is 3.56. The number of hydrogen-bond acceptors (Lipinski definition) is 2. The molecule has 1 unspecified atom stereocenters. The van der Waals surface area contributed by atoms with Crippen LogP contribution in [0.15, 0.2) is 53.0 Å². The molecule has 2 rings (SSSR count). The molecule has 0 saturated carbocycles. The molecule has 0 aliphatic rings. The van der Waals surface area contributed by atoms with Crippen molar-refractivity contribution in [2.75, 3.05) is 7.11 Å². The van der Waals surface area contributed by atoms with E-state index in [-0.39, 0.29) is 6.04 Å². The van der Waals surface area contributed by atoms with Crippen molar-refractivity contribution < 1.29 is 4.74 Å². The van der Waals surface area contributed by atoms with Crippen molar-refractivity contribution in [2.24, 2.45) is 5.73 Å². The van der Waals surface area contributed by atoms with E-state index in [1.54, 1.807) is 7.11 Å². The van der Waals surface area contributed by atoms with Crippen molar-refractivity contribution in [1.29, 1.82) is 0 Å². The molecule has 0 spiro atoms. The van der Waals surface area contributed by atoms with Crippen molar-refractivity contribution in [2.45, 2.75) is 25.3 Å². The third-order valence-corrected chi connectivity index (χ3v) is 4.15. The largest absolute Gasteiger partial charge is 0.497 e. The van der Waals surface area contributed by atoms with Gasteiger partial charge >= 0.3 is 0 Å². The average molecular weight is 334 g/mol. The van der Waals surface area contributed by atoms with Gasteiger partial charge in [-0.3, -0.25) is 0 Å². The van der Waals surface area contributed by atoms with Crippen LogP contribution in [0.3, 0.4) is 0 Å². The maximum Gasteiger partial charge on any atom is 0.119 e. The molecule has 2 nitrogen and oxygen atoms in total.